The fourth-order valence-electron chi connectivity index (χ4n) is 5.30. The van der Waals surface area contributed by atoms with Gasteiger partial charge in [0.1, 0.15) is 5.75 Å². The quantitative estimate of drug-likeness (QED) is 0.405. The van der Waals surface area contributed by atoms with Crippen LogP contribution in [0.1, 0.15) is 46.3 Å². The Kier molecular flexibility index (Phi) is 7.10. The number of rotatable bonds is 4. The third kappa shape index (κ3) is 4.92. The number of para-hydroxylation sites is 2. The predicted molar refractivity (Wildman–Crippen MR) is 141 cm³/mol. The van der Waals surface area contributed by atoms with Gasteiger partial charge >= 0.3 is 18.1 Å². The molecular formula is C30H25F3N2O5. The summed E-state index contributed by atoms with van der Waals surface area (Å²) in [6.45, 7) is 0. The SMILES string of the molecule is COC(=O)c1ccc(C2C3=C(CC(c4ccc(OC)cc4)CC3=O)Nc3ccccc3N2C(=O)C(F)(F)F)cc1. The first kappa shape index (κ1) is 27.0. The second-order valence-corrected chi connectivity index (χ2v) is 9.52. The Labute approximate surface area is 228 Å². The van der Waals surface area contributed by atoms with Crippen molar-refractivity contribution in [3.05, 3.63) is 101 Å². The number of amides is 1. The molecule has 3 aromatic carbocycles. The maximum absolute atomic E-state index is 14.0. The van der Waals surface area contributed by atoms with Gasteiger partial charge in [0.05, 0.1) is 37.2 Å². The highest BCUT2D eigenvalue weighted by molar-refractivity contribution is 6.07. The average molecular weight is 551 g/mol. The molecule has 0 fully saturated rings. The minimum absolute atomic E-state index is 0.0185. The number of ether oxygens (including phenoxy) is 2. The van der Waals surface area contributed by atoms with E-state index >= 15 is 0 Å². The van der Waals surface area contributed by atoms with Gasteiger partial charge in [0, 0.05) is 17.7 Å². The molecule has 5 rings (SSSR count). The number of halogens is 3. The molecule has 2 unspecified atom stereocenters. The van der Waals surface area contributed by atoms with Crippen molar-refractivity contribution in [1.82, 2.24) is 0 Å². The second kappa shape index (κ2) is 10.5. The minimum Gasteiger partial charge on any atom is -0.497 e. The highest BCUT2D eigenvalue weighted by Crippen LogP contribution is 2.48. The average Bonchev–Trinajstić information content (AvgIpc) is 3.10. The van der Waals surface area contributed by atoms with E-state index in [1.807, 2.05) is 12.1 Å². The number of hydrogen-bond donors (Lipinski definition) is 1. The molecule has 1 aliphatic carbocycles. The van der Waals surface area contributed by atoms with Crippen molar-refractivity contribution in [2.45, 2.75) is 31.0 Å². The van der Waals surface area contributed by atoms with Gasteiger partial charge in [-0.25, -0.2) is 4.79 Å². The van der Waals surface area contributed by atoms with Crippen molar-refractivity contribution in [3.8, 4) is 5.75 Å². The Morgan fingerprint density at radius 3 is 2.17 bits per heavy atom. The van der Waals surface area contributed by atoms with E-state index < -0.39 is 24.1 Å². The first-order chi connectivity index (χ1) is 19.1. The standard InChI is InChI=1S/C30H25F3N2O5/c1-39-21-13-11-17(12-14-21)20-15-23-26(25(36)16-20)27(18-7-9-19(10-8-18)28(37)40-2)35(29(38)30(31,32)33)24-6-4-3-5-22(24)34-23/h3-14,20,27,34H,15-16H2,1-2H3. The van der Waals surface area contributed by atoms with Crippen LogP contribution in [0.2, 0.25) is 0 Å². The van der Waals surface area contributed by atoms with Gasteiger partial charge < -0.3 is 14.8 Å². The number of esters is 1. The van der Waals surface area contributed by atoms with E-state index in [1.165, 1.54) is 43.5 Å². The van der Waals surface area contributed by atoms with Crippen LogP contribution in [0, 0.1) is 0 Å². The minimum atomic E-state index is -5.22. The van der Waals surface area contributed by atoms with E-state index in [4.69, 9.17) is 9.47 Å². The molecule has 7 nitrogen and oxygen atoms in total. The molecule has 1 heterocycles. The lowest BCUT2D eigenvalue weighted by Gasteiger charge is -2.35. The number of carbonyl (C=O) groups is 3. The summed E-state index contributed by atoms with van der Waals surface area (Å²) < 4.78 is 52.1. The van der Waals surface area contributed by atoms with Gasteiger partial charge in [-0.3, -0.25) is 14.5 Å². The molecule has 0 spiro atoms. The number of Topliss-reactive ketones (excluding diaryl/α,β-unsaturated/α-hetero) is 1. The van der Waals surface area contributed by atoms with Crippen LogP contribution >= 0.6 is 0 Å². The normalized spacial score (nSPS) is 18.7. The second-order valence-electron chi connectivity index (χ2n) is 9.52. The zero-order valence-electron chi connectivity index (χ0n) is 21.6. The molecule has 10 heteroatoms. The molecule has 3 aromatic rings. The third-order valence-electron chi connectivity index (χ3n) is 7.18. The first-order valence-electron chi connectivity index (χ1n) is 12.5. The van der Waals surface area contributed by atoms with Crippen LogP contribution in [-0.2, 0) is 14.3 Å². The van der Waals surface area contributed by atoms with Gasteiger partial charge in [0.15, 0.2) is 5.78 Å². The maximum atomic E-state index is 14.0. The summed E-state index contributed by atoms with van der Waals surface area (Å²) in [6, 6.07) is 17.7. The number of hydrogen-bond acceptors (Lipinski definition) is 6. The van der Waals surface area contributed by atoms with Gasteiger partial charge in [-0.2, -0.15) is 13.2 Å². The smallest absolute Gasteiger partial charge is 0.471 e. The molecule has 1 aliphatic heterocycles. The highest BCUT2D eigenvalue weighted by Gasteiger charge is 2.50. The largest absolute Gasteiger partial charge is 0.497 e. The van der Waals surface area contributed by atoms with E-state index in [2.05, 4.69) is 5.32 Å². The Morgan fingerprint density at radius 2 is 1.55 bits per heavy atom. The molecule has 0 saturated carbocycles. The number of carbonyl (C=O) groups excluding carboxylic acids is 3. The van der Waals surface area contributed by atoms with Crippen molar-refractivity contribution in [3.63, 3.8) is 0 Å². The Balaban J connectivity index is 1.69. The zero-order chi connectivity index (χ0) is 28.6. The Bertz CT molecular complexity index is 1500. The van der Waals surface area contributed by atoms with Crippen LogP contribution < -0.4 is 15.0 Å². The van der Waals surface area contributed by atoms with Crippen LogP contribution in [0.5, 0.6) is 5.75 Å². The van der Waals surface area contributed by atoms with Crippen molar-refractivity contribution >= 4 is 29.0 Å². The summed E-state index contributed by atoms with van der Waals surface area (Å²) in [6.07, 6.45) is -4.85. The van der Waals surface area contributed by atoms with Gasteiger partial charge in [-0.1, -0.05) is 36.4 Å². The molecule has 2 atom stereocenters. The number of anilines is 2. The molecule has 0 aromatic heterocycles. The van der Waals surface area contributed by atoms with Crippen LogP contribution in [0.4, 0.5) is 24.5 Å². The zero-order valence-corrected chi connectivity index (χ0v) is 21.6. The van der Waals surface area contributed by atoms with E-state index in [9.17, 15) is 27.6 Å². The summed E-state index contributed by atoms with van der Waals surface area (Å²) in [5.74, 6) is -2.71. The number of benzene rings is 3. The summed E-state index contributed by atoms with van der Waals surface area (Å²) in [7, 11) is 2.76. The number of nitrogens with zero attached hydrogens (tertiary/aromatic N) is 1. The molecule has 40 heavy (non-hydrogen) atoms. The number of allylic oxidation sites excluding steroid dienone is 1. The van der Waals surface area contributed by atoms with Crippen LogP contribution in [-0.4, -0.2) is 38.1 Å². The summed E-state index contributed by atoms with van der Waals surface area (Å²) in [5, 5.41) is 3.19. The van der Waals surface area contributed by atoms with Gasteiger partial charge in [-0.15, -0.1) is 0 Å². The molecular weight excluding hydrogens is 525 g/mol. The van der Waals surface area contributed by atoms with E-state index in [0.29, 0.717) is 22.8 Å². The highest BCUT2D eigenvalue weighted by atomic mass is 19.4. The summed E-state index contributed by atoms with van der Waals surface area (Å²) >= 11 is 0. The van der Waals surface area contributed by atoms with Crippen LogP contribution in [0.3, 0.4) is 0 Å². The fourth-order valence-corrected chi connectivity index (χ4v) is 5.30. The number of methoxy groups -OCH3 is 2. The molecule has 1 amide bonds. The van der Waals surface area contributed by atoms with Gasteiger partial charge in [0.2, 0.25) is 0 Å². The van der Waals surface area contributed by atoms with Crippen LogP contribution in [0.25, 0.3) is 0 Å². The number of nitrogens with one attached hydrogen (secondary N) is 1. The summed E-state index contributed by atoms with van der Waals surface area (Å²) in [5.41, 5.74) is 2.05. The molecule has 0 saturated heterocycles. The van der Waals surface area contributed by atoms with Crippen molar-refractivity contribution in [2.24, 2.45) is 0 Å². The van der Waals surface area contributed by atoms with Crippen LogP contribution in [0.15, 0.2) is 84.1 Å². The first-order valence-corrected chi connectivity index (χ1v) is 12.5. The van der Waals surface area contributed by atoms with Crippen molar-refractivity contribution < 1.29 is 37.0 Å². The van der Waals surface area contributed by atoms with Crippen molar-refractivity contribution in [2.75, 3.05) is 24.4 Å². The van der Waals surface area contributed by atoms with E-state index in [0.717, 1.165) is 5.56 Å². The number of alkyl halides is 3. The lowest BCUT2D eigenvalue weighted by atomic mass is 9.78. The Morgan fingerprint density at radius 1 is 0.900 bits per heavy atom. The van der Waals surface area contributed by atoms with E-state index in [-0.39, 0.29) is 46.2 Å². The van der Waals surface area contributed by atoms with Gasteiger partial charge in [0.25, 0.3) is 0 Å². The monoisotopic (exact) mass is 550 g/mol. The lowest BCUT2D eigenvalue weighted by molar-refractivity contribution is -0.170. The third-order valence-corrected chi connectivity index (χ3v) is 7.18. The topological polar surface area (TPSA) is 84.9 Å². The predicted octanol–water partition coefficient (Wildman–Crippen LogP) is 5.94. The Hall–Kier alpha value is -4.60. The molecule has 206 valence electrons. The molecule has 0 bridgehead atoms. The lowest BCUT2D eigenvalue weighted by Crippen LogP contribution is -2.45. The van der Waals surface area contributed by atoms with Gasteiger partial charge in [-0.05, 0) is 59.9 Å². The summed E-state index contributed by atoms with van der Waals surface area (Å²) in [4.78, 5) is 39.5. The molecule has 0 radical (unpaired) electrons. The maximum Gasteiger partial charge on any atom is 0.471 e. The van der Waals surface area contributed by atoms with E-state index in [1.54, 1.807) is 31.4 Å². The fraction of sp³-hybridized carbons (Fsp3) is 0.233. The molecule has 2 aliphatic rings. The number of fused-ring (bicyclic) bond motifs is 1. The number of ketones is 1. The molecule has 1 N–H and O–H groups in total. The van der Waals surface area contributed by atoms with Crippen molar-refractivity contribution in [1.29, 1.82) is 0 Å².